The molecule has 0 radical (unpaired) electrons. The number of aliphatic imine (C=N–C) groups is 1. The van der Waals surface area contributed by atoms with E-state index in [2.05, 4.69) is 25.1 Å². The van der Waals surface area contributed by atoms with Crippen molar-refractivity contribution in [2.45, 2.75) is 12.9 Å². The molecule has 0 amide bonds. The Bertz CT molecular complexity index is 667. The van der Waals surface area contributed by atoms with E-state index in [-0.39, 0.29) is 18.3 Å². The van der Waals surface area contributed by atoms with Gasteiger partial charge in [0.1, 0.15) is 18.6 Å². The molecule has 0 aliphatic rings. The number of hydrogen-bond donors (Lipinski definition) is 2. The molecule has 0 bridgehead atoms. The third-order valence-corrected chi connectivity index (χ3v) is 2.38. The van der Waals surface area contributed by atoms with Crippen LogP contribution >= 0.6 is 0 Å². The molecule has 2 rings (SSSR count). The topological polar surface area (TPSA) is 90.4 Å². The van der Waals surface area contributed by atoms with Gasteiger partial charge < -0.3 is 15.8 Å². The van der Waals surface area contributed by atoms with Crippen LogP contribution in [0.1, 0.15) is 5.82 Å². The van der Waals surface area contributed by atoms with Crippen LogP contribution < -0.4 is 15.8 Å². The largest absolute Gasteiger partial charge is 0.573 e. The summed E-state index contributed by atoms with van der Waals surface area (Å²) in [6.07, 6.45) is -3.23. The Morgan fingerprint density at radius 2 is 2.23 bits per heavy atom. The summed E-state index contributed by atoms with van der Waals surface area (Å²) in [5, 5.41) is 6.68. The Morgan fingerprint density at radius 3 is 2.86 bits per heavy atom. The van der Waals surface area contributed by atoms with E-state index in [0.29, 0.717) is 11.5 Å². The minimum atomic E-state index is -4.75. The molecule has 0 spiro atoms. The van der Waals surface area contributed by atoms with Gasteiger partial charge >= 0.3 is 6.36 Å². The van der Waals surface area contributed by atoms with Crippen molar-refractivity contribution in [1.82, 2.24) is 14.8 Å². The van der Waals surface area contributed by atoms with Crippen LogP contribution in [0.25, 0.3) is 0 Å². The first-order chi connectivity index (χ1) is 10.3. The molecule has 2 aromatic rings. The summed E-state index contributed by atoms with van der Waals surface area (Å²) in [5.74, 6) is 0.148. The molecule has 22 heavy (non-hydrogen) atoms. The summed E-state index contributed by atoms with van der Waals surface area (Å²) >= 11 is 0. The van der Waals surface area contributed by atoms with Gasteiger partial charge in [0, 0.05) is 18.8 Å². The number of guanidine groups is 1. The van der Waals surface area contributed by atoms with Gasteiger partial charge in [-0.25, -0.2) is 9.98 Å². The zero-order valence-electron chi connectivity index (χ0n) is 11.5. The number of nitrogens with one attached hydrogen (secondary N) is 1. The first-order valence-electron chi connectivity index (χ1n) is 6.09. The van der Waals surface area contributed by atoms with Crippen LogP contribution in [0.5, 0.6) is 5.75 Å². The van der Waals surface area contributed by atoms with Crippen molar-refractivity contribution < 1.29 is 17.9 Å². The highest BCUT2D eigenvalue weighted by molar-refractivity contribution is 5.92. The highest BCUT2D eigenvalue weighted by Crippen LogP contribution is 2.24. The van der Waals surface area contributed by atoms with Gasteiger partial charge in [0.25, 0.3) is 0 Å². The minimum Gasteiger partial charge on any atom is -0.406 e. The molecular formula is C12H13F3N6O. The number of nitrogens with two attached hydrogens (primary N) is 1. The number of nitrogens with zero attached hydrogens (tertiary/aromatic N) is 4. The average molecular weight is 314 g/mol. The van der Waals surface area contributed by atoms with Gasteiger partial charge in [0.2, 0.25) is 0 Å². The summed E-state index contributed by atoms with van der Waals surface area (Å²) in [6, 6.07) is 5.28. The van der Waals surface area contributed by atoms with E-state index in [4.69, 9.17) is 5.73 Å². The number of ether oxygens (including phenoxy) is 1. The Kier molecular flexibility index (Phi) is 4.49. The third kappa shape index (κ3) is 4.96. The molecule has 10 heteroatoms. The normalized spacial score (nSPS) is 12.3. The molecule has 1 aromatic carbocycles. The van der Waals surface area contributed by atoms with Crippen molar-refractivity contribution in [2.75, 3.05) is 5.32 Å². The second-order valence-electron chi connectivity index (χ2n) is 4.24. The molecule has 118 valence electrons. The van der Waals surface area contributed by atoms with E-state index < -0.39 is 6.36 Å². The Hall–Kier alpha value is -2.78. The van der Waals surface area contributed by atoms with Crippen LogP contribution in [-0.2, 0) is 13.6 Å². The van der Waals surface area contributed by atoms with Gasteiger partial charge in [-0.05, 0) is 12.1 Å². The molecule has 7 nitrogen and oxygen atoms in total. The molecule has 0 aliphatic heterocycles. The van der Waals surface area contributed by atoms with Crippen LogP contribution in [0.4, 0.5) is 18.9 Å². The summed E-state index contributed by atoms with van der Waals surface area (Å²) in [6.45, 7) is 0.151. The zero-order valence-corrected chi connectivity index (χ0v) is 11.5. The van der Waals surface area contributed by atoms with Gasteiger partial charge in [-0.15, -0.1) is 13.2 Å². The van der Waals surface area contributed by atoms with Crippen molar-refractivity contribution in [3.05, 3.63) is 36.4 Å². The lowest BCUT2D eigenvalue weighted by molar-refractivity contribution is -0.274. The van der Waals surface area contributed by atoms with Crippen LogP contribution in [0.3, 0.4) is 0 Å². The maximum absolute atomic E-state index is 12.1. The Balaban J connectivity index is 1.98. The fourth-order valence-corrected chi connectivity index (χ4v) is 1.57. The third-order valence-electron chi connectivity index (χ3n) is 2.38. The standard InChI is InChI=1S/C12H13F3N6O/c1-21-7-18-10(20-21)6-17-11(16)19-8-3-2-4-9(5-8)22-12(13,14)15/h2-5,7H,6H2,1H3,(H3,16,17,19). The highest BCUT2D eigenvalue weighted by Gasteiger charge is 2.31. The summed E-state index contributed by atoms with van der Waals surface area (Å²) < 4.78 is 41.8. The van der Waals surface area contributed by atoms with Gasteiger partial charge in [0.15, 0.2) is 11.8 Å². The number of aromatic nitrogens is 3. The second kappa shape index (κ2) is 6.33. The zero-order chi connectivity index (χ0) is 16.2. The molecule has 0 saturated carbocycles. The fourth-order valence-electron chi connectivity index (χ4n) is 1.57. The van der Waals surface area contributed by atoms with Gasteiger partial charge in [-0.1, -0.05) is 6.07 Å². The summed E-state index contributed by atoms with van der Waals surface area (Å²) in [5.41, 5.74) is 5.97. The molecule has 0 atom stereocenters. The number of aryl methyl sites for hydroxylation is 1. The van der Waals surface area contributed by atoms with Crippen LogP contribution in [0, 0.1) is 0 Å². The number of anilines is 1. The van der Waals surface area contributed by atoms with Crippen molar-refractivity contribution in [1.29, 1.82) is 0 Å². The van der Waals surface area contributed by atoms with Crippen LogP contribution in [0.2, 0.25) is 0 Å². The quantitative estimate of drug-likeness (QED) is 0.661. The SMILES string of the molecule is Cn1cnc(CN=C(N)Nc2cccc(OC(F)(F)F)c2)n1. The minimum absolute atomic E-state index is 0.0246. The Morgan fingerprint density at radius 1 is 1.45 bits per heavy atom. The van der Waals surface area contributed by atoms with Crippen molar-refractivity contribution in [3.63, 3.8) is 0 Å². The van der Waals surface area contributed by atoms with Crippen molar-refractivity contribution in [3.8, 4) is 5.75 Å². The molecular weight excluding hydrogens is 301 g/mol. The van der Waals surface area contributed by atoms with E-state index in [9.17, 15) is 13.2 Å². The van der Waals surface area contributed by atoms with E-state index in [0.717, 1.165) is 6.07 Å². The average Bonchev–Trinajstić information content (AvgIpc) is 2.81. The van der Waals surface area contributed by atoms with Gasteiger partial charge in [-0.2, -0.15) is 5.10 Å². The molecule has 1 heterocycles. The van der Waals surface area contributed by atoms with Crippen molar-refractivity contribution >= 4 is 11.6 Å². The second-order valence-corrected chi connectivity index (χ2v) is 4.24. The van der Waals surface area contributed by atoms with Crippen LogP contribution in [0.15, 0.2) is 35.6 Å². The molecule has 0 fully saturated rings. The molecule has 0 saturated heterocycles. The number of halogens is 3. The first kappa shape index (κ1) is 15.6. The molecule has 3 N–H and O–H groups in total. The first-order valence-corrected chi connectivity index (χ1v) is 6.09. The van der Waals surface area contributed by atoms with Crippen molar-refractivity contribution in [2.24, 2.45) is 17.8 Å². The predicted octanol–water partition coefficient (Wildman–Crippen LogP) is 1.64. The summed E-state index contributed by atoms with van der Waals surface area (Å²) in [7, 11) is 1.72. The smallest absolute Gasteiger partial charge is 0.406 e. The van der Waals surface area contributed by atoms with E-state index in [1.807, 2.05) is 0 Å². The maximum Gasteiger partial charge on any atom is 0.573 e. The van der Waals surface area contributed by atoms with Gasteiger partial charge in [-0.3, -0.25) is 4.68 Å². The monoisotopic (exact) mass is 314 g/mol. The molecule has 0 aliphatic carbocycles. The lowest BCUT2D eigenvalue weighted by Crippen LogP contribution is -2.23. The lowest BCUT2D eigenvalue weighted by Gasteiger charge is -2.10. The number of hydrogen-bond acceptors (Lipinski definition) is 4. The van der Waals surface area contributed by atoms with E-state index in [1.165, 1.54) is 29.2 Å². The highest BCUT2D eigenvalue weighted by atomic mass is 19.4. The summed E-state index contributed by atoms with van der Waals surface area (Å²) in [4.78, 5) is 7.95. The molecule has 1 aromatic heterocycles. The fraction of sp³-hybridized carbons (Fsp3) is 0.250. The van der Waals surface area contributed by atoms with Crippen LogP contribution in [-0.4, -0.2) is 27.1 Å². The lowest BCUT2D eigenvalue weighted by atomic mass is 10.3. The number of rotatable bonds is 4. The number of alkyl halides is 3. The van der Waals surface area contributed by atoms with E-state index in [1.54, 1.807) is 7.05 Å². The maximum atomic E-state index is 12.1. The number of benzene rings is 1. The van der Waals surface area contributed by atoms with E-state index >= 15 is 0 Å². The Labute approximate surface area is 123 Å². The predicted molar refractivity (Wildman–Crippen MR) is 73.1 cm³/mol. The van der Waals surface area contributed by atoms with Gasteiger partial charge in [0.05, 0.1) is 0 Å². The molecule has 0 unspecified atom stereocenters.